The maximum atomic E-state index is 13.0. The van der Waals surface area contributed by atoms with E-state index in [2.05, 4.69) is 43.4 Å². The van der Waals surface area contributed by atoms with Crippen molar-refractivity contribution >= 4 is 11.8 Å². The molecule has 1 aliphatic carbocycles. The van der Waals surface area contributed by atoms with Crippen molar-refractivity contribution in [1.82, 2.24) is 10.2 Å². The second-order valence-corrected chi connectivity index (χ2v) is 8.49. The SMILES string of the molecule is Cc1ccc(CCN2C(=O)CC[C@]2(C)C(=O)NC2CCC(C)CC2)cc1. The largest absolute Gasteiger partial charge is 0.351 e. The van der Waals surface area contributed by atoms with Gasteiger partial charge in [-0.05, 0) is 63.9 Å². The molecule has 1 aliphatic heterocycles. The predicted octanol–water partition coefficient (Wildman–Crippen LogP) is 3.61. The molecule has 1 saturated carbocycles. The van der Waals surface area contributed by atoms with E-state index in [4.69, 9.17) is 0 Å². The minimum atomic E-state index is -0.704. The number of carbonyl (C=O) groups is 2. The summed E-state index contributed by atoms with van der Waals surface area (Å²) >= 11 is 0. The van der Waals surface area contributed by atoms with Crippen LogP contribution in [0.3, 0.4) is 0 Å². The highest BCUT2D eigenvalue weighted by Crippen LogP contribution is 2.32. The van der Waals surface area contributed by atoms with E-state index >= 15 is 0 Å². The third-order valence-corrected chi connectivity index (χ3v) is 6.31. The molecule has 1 saturated heterocycles. The minimum Gasteiger partial charge on any atom is -0.351 e. The number of nitrogens with one attached hydrogen (secondary N) is 1. The molecule has 1 aromatic rings. The highest BCUT2D eigenvalue weighted by atomic mass is 16.2. The molecule has 4 nitrogen and oxygen atoms in total. The Labute approximate surface area is 157 Å². The molecule has 26 heavy (non-hydrogen) atoms. The van der Waals surface area contributed by atoms with Crippen LogP contribution < -0.4 is 5.32 Å². The maximum absolute atomic E-state index is 13.0. The van der Waals surface area contributed by atoms with Gasteiger partial charge in [-0.1, -0.05) is 36.8 Å². The molecule has 1 N–H and O–H groups in total. The summed E-state index contributed by atoms with van der Waals surface area (Å²) in [5.41, 5.74) is 1.74. The lowest BCUT2D eigenvalue weighted by atomic mass is 9.86. The number of hydrogen-bond acceptors (Lipinski definition) is 2. The highest BCUT2D eigenvalue weighted by Gasteiger charge is 2.47. The van der Waals surface area contributed by atoms with Crippen molar-refractivity contribution in [2.75, 3.05) is 6.54 Å². The third-order valence-electron chi connectivity index (χ3n) is 6.31. The molecule has 0 spiro atoms. The molecule has 0 unspecified atom stereocenters. The van der Waals surface area contributed by atoms with Crippen molar-refractivity contribution in [2.45, 2.75) is 77.3 Å². The minimum absolute atomic E-state index is 0.0341. The second kappa shape index (κ2) is 7.81. The molecule has 2 fully saturated rings. The van der Waals surface area contributed by atoms with Crippen LogP contribution in [0, 0.1) is 12.8 Å². The Hall–Kier alpha value is -1.84. The predicted molar refractivity (Wildman–Crippen MR) is 104 cm³/mol. The normalized spacial score (nSPS) is 29.0. The van der Waals surface area contributed by atoms with Crippen molar-refractivity contribution < 1.29 is 9.59 Å². The van der Waals surface area contributed by atoms with Crippen molar-refractivity contribution in [1.29, 1.82) is 0 Å². The topological polar surface area (TPSA) is 49.4 Å². The average Bonchev–Trinajstić information content (AvgIpc) is 2.92. The summed E-state index contributed by atoms with van der Waals surface area (Å²) in [6.45, 7) is 6.89. The van der Waals surface area contributed by atoms with Gasteiger partial charge in [-0.25, -0.2) is 0 Å². The lowest BCUT2D eigenvalue weighted by Gasteiger charge is -2.36. The summed E-state index contributed by atoms with van der Waals surface area (Å²) in [5.74, 6) is 0.900. The van der Waals surface area contributed by atoms with Gasteiger partial charge in [0, 0.05) is 19.0 Å². The Balaban J connectivity index is 1.62. The molecule has 0 radical (unpaired) electrons. The fourth-order valence-corrected chi connectivity index (χ4v) is 4.24. The zero-order chi connectivity index (χ0) is 18.7. The number of carbonyl (C=O) groups excluding carboxylic acids is 2. The summed E-state index contributed by atoms with van der Waals surface area (Å²) in [6.07, 6.45) is 6.35. The lowest BCUT2D eigenvalue weighted by Crippen LogP contribution is -2.57. The lowest BCUT2D eigenvalue weighted by molar-refractivity contribution is -0.141. The molecule has 4 heteroatoms. The van der Waals surface area contributed by atoms with Gasteiger partial charge in [0.15, 0.2) is 0 Å². The van der Waals surface area contributed by atoms with Crippen molar-refractivity contribution in [3.63, 3.8) is 0 Å². The fraction of sp³-hybridized carbons (Fsp3) is 0.636. The Morgan fingerprint density at radius 3 is 2.50 bits per heavy atom. The van der Waals surface area contributed by atoms with E-state index in [1.807, 2.05) is 11.8 Å². The Morgan fingerprint density at radius 2 is 1.85 bits per heavy atom. The van der Waals surface area contributed by atoms with Gasteiger partial charge in [0.1, 0.15) is 5.54 Å². The Kier molecular flexibility index (Phi) is 5.69. The Bertz CT molecular complexity index is 647. The summed E-state index contributed by atoms with van der Waals surface area (Å²) < 4.78 is 0. The number of amides is 2. The fourth-order valence-electron chi connectivity index (χ4n) is 4.24. The van der Waals surface area contributed by atoms with Gasteiger partial charge in [0.25, 0.3) is 0 Å². The molecule has 2 amide bonds. The second-order valence-electron chi connectivity index (χ2n) is 8.49. The van der Waals surface area contributed by atoms with E-state index in [1.54, 1.807) is 0 Å². The number of aryl methyl sites for hydroxylation is 1. The summed E-state index contributed by atoms with van der Waals surface area (Å²) in [4.78, 5) is 27.3. The van der Waals surface area contributed by atoms with E-state index < -0.39 is 5.54 Å². The van der Waals surface area contributed by atoms with Crippen LogP contribution in [0.25, 0.3) is 0 Å². The molecule has 0 bridgehead atoms. The van der Waals surface area contributed by atoms with Gasteiger partial charge in [-0.3, -0.25) is 9.59 Å². The number of benzene rings is 1. The van der Waals surface area contributed by atoms with Gasteiger partial charge in [0.2, 0.25) is 11.8 Å². The van der Waals surface area contributed by atoms with E-state index in [-0.39, 0.29) is 17.9 Å². The summed E-state index contributed by atoms with van der Waals surface area (Å²) in [6, 6.07) is 8.67. The zero-order valence-corrected chi connectivity index (χ0v) is 16.4. The average molecular weight is 357 g/mol. The molecule has 2 aliphatic rings. The van der Waals surface area contributed by atoms with E-state index in [0.29, 0.717) is 19.4 Å². The van der Waals surface area contributed by atoms with Crippen LogP contribution in [0.1, 0.15) is 63.5 Å². The first-order valence-corrected chi connectivity index (χ1v) is 10.1. The smallest absolute Gasteiger partial charge is 0.245 e. The molecule has 3 rings (SSSR count). The molecular weight excluding hydrogens is 324 g/mol. The van der Waals surface area contributed by atoms with E-state index in [1.165, 1.54) is 24.0 Å². The summed E-state index contributed by atoms with van der Waals surface area (Å²) in [5, 5.41) is 3.25. The molecule has 0 aromatic heterocycles. The van der Waals surface area contributed by atoms with Gasteiger partial charge in [0.05, 0.1) is 0 Å². The first kappa shape index (κ1) is 18.9. The third kappa shape index (κ3) is 4.11. The molecule has 1 heterocycles. The molecular formula is C22H32N2O2. The zero-order valence-electron chi connectivity index (χ0n) is 16.4. The molecule has 1 aromatic carbocycles. The Morgan fingerprint density at radius 1 is 1.19 bits per heavy atom. The van der Waals surface area contributed by atoms with Crippen LogP contribution >= 0.6 is 0 Å². The van der Waals surface area contributed by atoms with Crippen LogP contribution in [0.4, 0.5) is 0 Å². The number of hydrogen-bond donors (Lipinski definition) is 1. The molecule has 1 atom stereocenters. The first-order valence-electron chi connectivity index (χ1n) is 10.1. The monoisotopic (exact) mass is 356 g/mol. The van der Waals surface area contributed by atoms with Crippen LogP contribution in [0.5, 0.6) is 0 Å². The van der Waals surface area contributed by atoms with Crippen molar-refractivity contribution in [2.24, 2.45) is 5.92 Å². The number of likely N-dealkylation sites (tertiary alicyclic amines) is 1. The van der Waals surface area contributed by atoms with Gasteiger partial charge >= 0.3 is 0 Å². The number of rotatable bonds is 5. The molecule has 142 valence electrons. The van der Waals surface area contributed by atoms with Crippen molar-refractivity contribution in [3.8, 4) is 0 Å². The van der Waals surface area contributed by atoms with Gasteiger partial charge in [-0.15, -0.1) is 0 Å². The maximum Gasteiger partial charge on any atom is 0.245 e. The van der Waals surface area contributed by atoms with Gasteiger partial charge in [-0.2, -0.15) is 0 Å². The number of nitrogens with zero attached hydrogens (tertiary/aromatic N) is 1. The van der Waals surface area contributed by atoms with Gasteiger partial charge < -0.3 is 10.2 Å². The van der Waals surface area contributed by atoms with E-state index in [9.17, 15) is 9.59 Å². The quantitative estimate of drug-likeness (QED) is 0.876. The highest BCUT2D eigenvalue weighted by molar-refractivity contribution is 5.94. The van der Waals surface area contributed by atoms with Crippen LogP contribution in [-0.4, -0.2) is 34.8 Å². The van der Waals surface area contributed by atoms with Crippen LogP contribution in [0.2, 0.25) is 0 Å². The van der Waals surface area contributed by atoms with Crippen LogP contribution in [0.15, 0.2) is 24.3 Å². The van der Waals surface area contributed by atoms with Crippen LogP contribution in [-0.2, 0) is 16.0 Å². The van der Waals surface area contributed by atoms with E-state index in [0.717, 1.165) is 25.2 Å². The summed E-state index contributed by atoms with van der Waals surface area (Å²) in [7, 11) is 0. The first-order chi connectivity index (χ1) is 12.4. The standard InChI is InChI=1S/C22H32N2O2/c1-16-4-8-18(9-5-16)13-15-24-20(25)12-14-22(24,3)21(26)23-19-10-6-17(2)7-11-19/h4-5,8-9,17,19H,6-7,10-15H2,1-3H3,(H,23,26)/t17?,19?,22-/m1/s1. The van der Waals surface area contributed by atoms with Crippen molar-refractivity contribution in [3.05, 3.63) is 35.4 Å².